The largest absolute Gasteiger partial charge is 0.393 e. The molecule has 0 saturated heterocycles. The van der Waals surface area contributed by atoms with E-state index in [-0.39, 0.29) is 12.1 Å². The summed E-state index contributed by atoms with van der Waals surface area (Å²) in [5, 5.41) is 13.3. The third-order valence-electron chi connectivity index (χ3n) is 4.92. The Bertz CT molecular complexity index is 543. The van der Waals surface area contributed by atoms with Gasteiger partial charge in [0.05, 0.1) is 26.2 Å². The van der Waals surface area contributed by atoms with Crippen LogP contribution in [0.5, 0.6) is 0 Å². The SMILES string of the molecule is C[N+]1(C)C=NCN1C(c1ccc(Cl)cc1)[C@H]1CCC[C@H](O)C1. The first-order valence-electron chi connectivity index (χ1n) is 8.03. The van der Waals surface area contributed by atoms with Crippen molar-refractivity contribution in [3.8, 4) is 0 Å². The first kappa shape index (κ1) is 15.9. The van der Waals surface area contributed by atoms with Crippen molar-refractivity contribution >= 4 is 17.9 Å². The Labute approximate surface area is 137 Å². The van der Waals surface area contributed by atoms with Crippen LogP contribution in [0.15, 0.2) is 29.3 Å². The van der Waals surface area contributed by atoms with Crippen LogP contribution >= 0.6 is 11.6 Å². The van der Waals surface area contributed by atoms with Crippen LogP contribution in [0.3, 0.4) is 0 Å². The van der Waals surface area contributed by atoms with Gasteiger partial charge in [-0.3, -0.25) is 0 Å². The van der Waals surface area contributed by atoms with Gasteiger partial charge < -0.3 is 5.11 Å². The zero-order chi connectivity index (χ0) is 15.7. The Balaban J connectivity index is 1.93. The molecule has 1 aliphatic heterocycles. The van der Waals surface area contributed by atoms with Crippen LogP contribution in [0.1, 0.15) is 37.3 Å². The molecule has 1 saturated carbocycles. The van der Waals surface area contributed by atoms with Crippen molar-refractivity contribution in [2.24, 2.45) is 10.9 Å². The number of hydrogen-bond acceptors (Lipinski definition) is 3. The summed E-state index contributed by atoms with van der Waals surface area (Å²) in [6.45, 7) is 0.701. The van der Waals surface area contributed by atoms with Gasteiger partial charge in [-0.2, -0.15) is 0 Å². The Morgan fingerprint density at radius 1 is 1.27 bits per heavy atom. The second-order valence-electron chi connectivity index (χ2n) is 6.93. The number of aliphatic hydroxyl groups is 1. The Morgan fingerprint density at radius 2 is 2.00 bits per heavy atom. The van der Waals surface area contributed by atoms with Gasteiger partial charge in [-0.25, -0.2) is 9.58 Å². The second-order valence-corrected chi connectivity index (χ2v) is 7.37. The van der Waals surface area contributed by atoms with E-state index in [4.69, 9.17) is 11.6 Å². The van der Waals surface area contributed by atoms with Crippen LogP contribution in [-0.2, 0) is 0 Å². The monoisotopic (exact) mass is 322 g/mol. The lowest BCUT2D eigenvalue weighted by molar-refractivity contribution is -0.919. The van der Waals surface area contributed by atoms with Gasteiger partial charge >= 0.3 is 0 Å². The van der Waals surface area contributed by atoms with Crippen molar-refractivity contribution in [1.29, 1.82) is 0 Å². The molecule has 1 fully saturated rings. The zero-order valence-electron chi connectivity index (χ0n) is 13.3. The van der Waals surface area contributed by atoms with Crippen molar-refractivity contribution < 1.29 is 9.70 Å². The predicted molar refractivity (Wildman–Crippen MR) is 89.5 cm³/mol. The molecule has 1 aromatic rings. The van der Waals surface area contributed by atoms with Crippen molar-refractivity contribution in [3.05, 3.63) is 34.9 Å². The average Bonchev–Trinajstić information content (AvgIpc) is 2.81. The molecule has 1 aromatic carbocycles. The summed E-state index contributed by atoms with van der Waals surface area (Å²) in [5.74, 6) is 0.448. The maximum Gasteiger partial charge on any atom is 0.206 e. The highest BCUT2D eigenvalue weighted by Crippen LogP contribution is 2.41. The highest BCUT2D eigenvalue weighted by Gasteiger charge is 2.42. The number of aliphatic imine (C=N–C) groups is 1. The summed E-state index contributed by atoms with van der Waals surface area (Å²) < 4.78 is 0.653. The van der Waals surface area contributed by atoms with E-state index in [1.807, 2.05) is 18.5 Å². The Kier molecular flexibility index (Phi) is 4.55. The van der Waals surface area contributed by atoms with Gasteiger partial charge in [0.2, 0.25) is 6.34 Å². The van der Waals surface area contributed by atoms with Gasteiger partial charge in [0, 0.05) is 5.02 Å². The fourth-order valence-corrected chi connectivity index (χ4v) is 3.92. The molecule has 4 nitrogen and oxygen atoms in total. The minimum Gasteiger partial charge on any atom is -0.393 e. The minimum atomic E-state index is -0.173. The summed E-state index contributed by atoms with van der Waals surface area (Å²) in [6.07, 6.45) is 5.86. The van der Waals surface area contributed by atoms with E-state index < -0.39 is 0 Å². The van der Waals surface area contributed by atoms with Crippen molar-refractivity contribution in [3.63, 3.8) is 0 Å². The molecule has 0 amide bonds. The summed E-state index contributed by atoms with van der Waals surface area (Å²) in [7, 11) is 4.30. The lowest BCUT2D eigenvalue weighted by atomic mass is 9.79. The highest BCUT2D eigenvalue weighted by atomic mass is 35.5. The molecule has 0 aromatic heterocycles. The molecule has 3 rings (SSSR count). The molecule has 1 N–H and O–H groups in total. The minimum absolute atomic E-state index is 0.173. The molecule has 0 spiro atoms. The van der Waals surface area contributed by atoms with Crippen molar-refractivity contribution in [2.75, 3.05) is 20.8 Å². The summed E-state index contributed by atoms with van der Waals surface area (Å²) in [4.78, 5) is 4.48. The first-order valence-corrected chi connectivity index (χ1v) is 8.40. The number of quaternary nitrogens is 1. The number of aliphatic hydroxyl groups excluding tert-OH is 1. The topological polar surface area (TPSA) is 35.8 Å². The van der Waals surface area contributed by atoms with Crippen LogP contribution in [0.2, 0.25) is 5.02 Å². The van der Waals surface area contributed by atoms with E-state index in [1.54, 1.807) is 0 Å². The molecule has 1 heterocycles. The zero-order valence-corrected chi connectivity index (χ0v) is 14.1. The predicted octanol–water partition coefficient (Wildman–Crippen LogP) is 3.23. The Hall–Kier alpha value is -0.940. The van der Waals surface area contributed by atoms with E-state index in [9.17, 15) is 5.11 Å². The number of rotatable bonds is 3. The molecular formula is C17H25ClN3O+. The molecule has 3 atom stereocenters. The first-order chi connectivity index (χ1) is 10.5. The lowest BCUT2D eigenvalue weighted by Crippen LogP contribution is -2.53. The third kappa shape index (κ3) is 3.20. The van der Waals surface area contributed by atoms with E-state index >= 15 is 0 Å². The molecule has 0 bridgehead atoms. The fourth-order valence-electron chi connectivity index (χ4n) is 3.79. The van der Waals surface area contributed by atoms with Crippen molar-refractivity contribution in [1.82, 2.24) is 5.01 Å². The van der Waals surface area contributed by atoms with Gasteiger partial charge in [0.15, 0.2) is 0 Å². The summed E-state index contributed by atoms with van der Waals surface area (Å²) in [5.41, 5.74) is 1.26. The molecule has 22 heavy (non-hydrogen) atoms. The quantitative estimate of drug-likeness (QED) is 0.867. The molecule has 0 radical (unpaired) electrons. The van der Waals surface area contributed by atoms with Gasteiger partial charge in [-0.15, -0.1) is 5.01 Å². The molecule has 2 aliphatic rings. The summed E-state index contributed by atoms with van der Waals surface area (Å²) >= 11 is 6.06. The van der Waals surface area contributed by atoms with Crippen LogP contribution in [0, 0.1) is 5.92 Å². The number of nitrogens with zero attached hydrogens (tertiary/aromatic N) is 3. The van der Waals surface area contributed by atoms with Crippen LogP contribution in [0.25, 0.3) is 0 Å². The maximum absolute atomic E-state index is 10.1. The highest BCUT2D eigenvalue weighted by molar-refractivity contribution is 6.30. The Morgan fingerprint density at radius 3 is 2.59 bits per heavy atom. The maximum atomic E-state index is 10.1. The lowest BCUT2D eigenvalue weighted by Gasteiger charge is -2.42. The van der Waals surface area contributed by atoms with Gasteiger partial charge in [-0.05, 0) is 42.9 Å². The van der Waals surface area contributed by atoms with E-state index in [2.05, 4.69) is 36.2 Å². The molecule has 1 aliphatic carbocycles. The number of hydrogen-bond donors (Lipinski definition) is 1. The van der Waals surface area contributed by atoms with E-state index in [0.717, 1.165) is 30.7 Å². The van der Waals surface area contributed by atoms with Crippen LogP contribution in [-0.4, -0.2) is 47.9 Å². The molecule has 5 heteroatoms. The van der Waals surface area contributed by atoms with Crippen LogP contribution < -0.4 is 0 Å². The molecule has 1 unspecified atom stereocenters. The fraction of sp³-hybridized carbons (Fsp3) is 0.588. The van der Waals surface area contributed by atoms with E-state index in [0.29, 0.717) is 17.2 Å². The van der Waals surface area contributed by atoms with Gasteiger partial charge in [0.1, 0.15) is 6.67 Å². The standard InChI is InChI=1S/C17H25ClN3O/c1-21(2)12-19-11-20(21)17(13-6-8-15(18)9-7-13)14-4-3-5-16(22)10-14/h6-9,12,14,16-17,22H,3-5,10-11H2,1-2H3/q+1/t14-,16-,17?/m0/s1. The average molecular weight is 323 g/mol. The third-order valence-corrected chi connectivity index (χ3v) is 5.17. The normalized spacial score (nSPS) is 29.6. The number of benzene rings is 1. The smallest absolute Gasteiger partial charge is 0.206 e. The van der Waals surface area contributed by atoms with Crippen LogP contribution in [0.4, 0.5) is 0 Å². The second kappa shape index (κ2) is 6.28. The van der Waals surface area contributed by atoms with E-state index in [1.165, 1.54) is 5.56 Å². The summed E-state index contributed by atoms with van der Waals surface area (Å²) in [6, 6.07) is 8.41. The number of halogens is 1. The van der Waals surface area contributed by atoms with Gasteiger partial charge in [-0.1, -0.05) is 30.2 Å². The van der Waals surface area contributed by atoms with Gasteiger partial charge in [0.25, 0.3) is 0 Å². The van der Waals surface area contributed by atoms with Crippen molar-refractivity contribution in [2.45, 2.75) is 37.8 Å². The molecular weight excluding hydrogens is 298 g/mol. The molecule has 120 valence electrons.